The van der Waals surface area contributed by atoms with E-state index in [0.717, 1.165) is 16.7 Å². The number of rotatable bonds is 8. The summed E-state index contributed by atoms with van der Waals surface area (Å²) in [6, 6.07) is 20.6. The average Bonchev–Trinajstić information content (AvgIpc) is 2.71. The molecule has 0 heterocycles. The first kappa shape index (κ1) is 21.2. The van der Waals surface area contributed by atoms with E-state index in [-0.39, 0.29) is 18.8 Å². The fraction of sp³-hybridized carbons (Fsp3) is 0.174. The van der Waals surface area contributed by atoms with Crippen molar-refractivity contribution in [2.24, 2.45) is 0 Å². The fourth-order valence-corrected chi connectivity index (χ4v) is 2.92. The van der Waals surface area contributed by atoms with Crippen molar-refractivity contribution < 1.29 is 32.5 Å². The molecular formula is C23H19F3O4. The van der Waals surface area contributed by atoms with E-state index >= 15 is 0 Å². The third-order valence-electron chi connectivity index (χ3n) is 4.33. The quantitative estimate of drug-likeness (QED) is 0.501. The standard InChI is InChI=1S/C23H19F3O4/c24-23(25,26)30-20-10-6-16(7-11-20)15-29-21-12-8-18(17-4-2-1-3-5-17)14-19(21)9-13-22(27)28/h1-8,10-12,14H,9,13,15H2,(H,27,28). The summed E-state index contributed by atoms with van der Waals surface area (Å²) in [5.41, 5.74) is 3.34. The van der Waals surface area contributed by atoms with Crippen LogP contribution in [-0.4, -0.2) is 17.4 Å². The fourth-order valence-electron chi connectivity index (χ4n) is 2.92. The lowest BCUT2D eigenvalue weighted by atomic mass is 10.00. The Kier molecular flexibility index (Phi) is 6.61. The van der Waals surface area contributed by atoms with Gasteiger partial charge in [-0.25, -0.2) is 0 Å². The number of aliphatic carboxylic acids is 1. The Morgan fingerprint density at radius 3 is 2.23 bits per heavy atom. The van der Waals surface area contributed by atoms with Gasteiger partial charge in [-0.1, -0.05) is 48.5 Å². The van der Waals surface area contributed by atoms with Crippen molar-refractivity contribution in [3.8, 4) is 22.6 Å². The van der Waals surface area contributed by atoms with E-state index in [2.05, 4.69) is 4.74 Å². The number of aryl methyl sites for hydroxylation is 1. The highest BCUT2D eigenvalue weighted by Gasteiger charge is 2.30. The topological polar surface area (TPSA) is 55.8 Å². The molecule has 30 heavy (non-hydrogen) atoms. The molecule has 0 unspecified atom stereocenters. The van der Waals surface area contributed by atoms with E-state index in [0.29, 0.717) is 17.7 Å². The molecular weight excluding hydrogens is 397 g/mol. The van der Waals surface area contributed by atoms with Crippen LogP contribution in [0.1, 0.15) is 17.5 Å². The van der Waals surface area contributed by atoms with Crippen molar-refractivity contribution in [1.82, 2.24) is 0 Å². The molecule has 3 rings (SSSR count). The molecule has 7 heteroatoms. The summed E-state index contributed by atoms with van der Waals surface area (Å²) >= 11 is 0. The average molecular weight is 416 g/mol. The van der Waals surface area contributed by atoms with Crippen molar-refractivity contribution >= 4 is 5.97 Å². The smallest absolute Gasteiger partial charge is 0.489 e. The van der Waals surface area contributed by atoms with Crippen LogP contribution in [0.5, 0.6) is 11.5 Å². The summed E-state index contributed by atoms with van der Waals surface area (Å²) in [4.78, 5) is 11.0. The van der Waals surface area contributed by atoms with Crippen LogP contribution in [0.15, 0.2) is 72.8 Å². The first-order valence-corrected chi connectivity index (χ1v) is 9.18. The normalized spacial score (nSPS) is 11.2. The number of halogens is 3. The SMILES string of the molecule is O=C(O)CCc1cc(-c2ccccc2)ccc1OCc1ccc(OC(F)(F)F)cc1. The van der Waals surface area contributed by atoms with Crippen molar-refractivity contribution in [3.05, 3.63) is 83.9 Å². The second-order valence-electron chi connectivity index (χ2n) is 6.56. The zero-order valence-corrected chi connectivity index (χ0v) is 15.9. The number of alkyl halides is 3. The number of hydrogen-bond donors (Lipinski definition) is 1. The highest BCUT2D eigenvalue weighted by molar-refractivity contribution is 5.69. The molecule has 0 spiro atoms. The third kappa shape index (κ3) is 6.27. The first-order chi connectivity index (χ1) is 14.3. The minimum Gasteiger partial charge on any atom is -0.489 e. The molecule has 0 aliphatic heterocycles. The second kappa shape index (κ2) is 9.35. The van der Waals surface area contributed by atoms with Crippen LogP contribution in [0, 0.1) is 0 Å². The van der Waals surface area contributed by atoms with Crippen molar-refractivity contribution in [1.29, 1.82) is 0 Å². The second-order valence-corrected chi connectivity index (χ2v) is 6.56. The van der Waals surface area contributed by atoms with Crippen LogP contribution < -0.4 is 9.47 Å². The van der Waals surface area contributed by atoms with Gasteiger partial charge in [0.05, 0.1) is 0 Å². The molecule has 0 aromatic heterocycles. The van der Waals surface area contributed by atoms with E-state index in [1.165, 1.54) is 24.3 Å². The molecule has 0 amide bonds. The highest BCUT2D eigenvalue weighted by Crippen LogP contribution is 2.29. The summed E-state index contributed by atoms with van der Waals surface area (Å²) in [5.74, 6) is -0.682. The zero-order valence-electron chi connectivity index (χ0n) is 15.9. The van der Waals surface area contributed by atoms with E-state index in [1.807, 2.05) is 42.5 Å². The molecule has 0 radical (unpaired) electrons. The van der Waals surface area contributed by atoms with Crippen molar-refractivity contribution in [3.63, 3.8) is 0 Å². The van der Waals surface area contributed by atoms with Gasteiger partial charge in [0.2, 0.25) is 0 Å². The number of carboxylic acid groups (broad SMARTS) is 1. The van der Waals surface area contributed by atoms with Gasteiger partial charge in [-0.15, -0.1) is 13.2 Å². The van der Waals surface area contributed by atoms with E-state index < -0.39 is 12.3 Å². The van der Waals surface area contributed by atoms with Crippen LogP contribution >= 0.6 is 0 Å². The molecule has 0 atom stereocenters. The molecule has 3 aromatic carbocycles. The Bertz CT molecular complexity index is 984. The minimum atomic E-state index is -4.74. The number of carboxylic acids is 1. The van der Waals surface area contributed by atoms with E-state index in [1.54, 1.807) is 6.07 Å². The number of carbonyl (C=O) groups is 1. The van der Waals surface area contributed by atoms with Crippen molar-refractivity contribution in [2.75, 3.05) is 0 Å². The Morgan fingerprint density at radius 1 is 0.900 bits per heavy atom. The number of hydrogen-bond acceptors (Lipinski definition) is 3. The summed E-state index contributed by atoms with van der Waals surface area (Å²) in [6.07, 6.45) is -4.49. The Labute approximate surface area is 171 Å². The summed E-state index contributed by atoms with van der Waals surface area (Å²) in [7, 11) is 0. The lowest BCUT2D eigenvalue weighted by molar-refractivity contribution is -0.274. The molecule has 0 fully saturated rings. The summed E-state index contributed by atoms with van der Waals surface area (Å²) < 4.78 is 46.4. The van der Waals surface area contributed by atoms with Crippen LogP contribution in [0.3, 0.4) is 0 Å². The number of ether oxygens (including phenoxy) is 2. The van der Waals surface area contributed by atoms with Gasteiger partial charge in [-0.05, 0) is 52.9 Å². The minimum absolute atomic E-state index is 0.0436. The molecule has 0 aliphatic rings. The maximum atomic E-state index is 12.3. The van der Waals surface area contributed by atoms with Gasteiger partial charge in [0, 0.05) is 6.42 Å². The van der Waals surface area contributed by atoms with Crippen LogP contribution in [0.2, 0.25) is 0 Å². The number of benzene rings is 3. The van der Waals surface area contributed by atoms with Crippen LogP contribution in [0.25, 0.3) is 11.1 Å². The molecule has 0 bridgehead atoms. The highest BCUT2D eigenvalue weighted by atomic mass is 19.4. The lowest BCUT2D eigenvalue weighted by Gasteiger charge is -2.14. The van der Waals surface area contributed by atoms with Gasteiger partial charge in [0.25, 0.3) is 0 Å². The predicted molar refractivity (Wildman–Crippen MR) is 105 cm³/mol. The Balaban J connectivity index is 1.74. The Morgan fingerprint density at radius 2 is 1.60 bits per heavy atom. The molecule has 0 saturated carbocycles. The molecule has 3 aromatic rings. The van der Waals surface area contributed by atoms with Gasteiger partial charge in [0.1, 0.15) is 18.1 Å². The van der Waals surface area contributed by atoms with Crippen molar-refractivity contribution in [2.45, 2.75) is 25.8 Å². The molecule has 1 N–H and O–H groups in total. The monoisotopic (exact) mass is 416 g/mol. The predicted octanol–water partition coefficient (Wildman–Crippen LogP) is 5.85. The van der Waals surface area contributed by atoms with Crippen LogP contribution in [-0.2, 0) is 17.8 Å². The maximum Gasteiger partial charge on any atom is 0.573 e. The first-order valence-electron chi connectivity index (χ1n) is 9.18. The third-order valence-corrected chi connectivity index (χ3v) is 4.33. The Hall–Kier alpha value is -3.48. The maximum absolute atomic E-state index is 12.3. The summed E-state index contributed by atoms with van der Waals surface area (Å²) in [5, 5.41) is 9.03. The largest absolute Gasteiger partial charge is 0.573 e. The van der Waals surface area contributed by atoms with Gasteiger partial charge < -0.3 is 14.6 Å². The zero-order chi connectivity index (χ0) is 21.6. The lowest BCUT2D eigenvalue weighted by Crippen LogP contribution is -2.17. The molecule has 0 aliphatic carbocycles. The van der Waals surface area contributed by atoms with Crippen LogP contribution in [0.4, 0.5) is 13.2 Å². The molecule has 156 valence electrons. The van der Waals surface area contributed by atoms with Gasteiger partial charge in [0.15, 0.2) is 0 Å². The summed E-state index contributed by atoms with van der Waals surface area (Å²) in [6.45, 7) is 0.122. The van der Waals surface area contributed by atoms with Gasteiger partial charge >= 0.3 is 12.3 Å². The van der Waals surface area contributed by atoms with Gasteiger partial charge in [-0.3, -0.25) is 4.79 Å². The van der Waals surface area contributed by atoms with E-state index in [4.69, 9.17) is 9.84 Å². The van der Waals surface area contributed by atoms with E-state index in [9.17, 15) is 18.0 Å². The van der Waals surface area contributed by atoms with Gasteiger partial charge in [-0.2, -0.15) is 0 Å². The molecule has 4 nitrogen and oxygen atoms in total. The molecule has 0 saturated heterocycles.